The first-order valence-corrected chi connectivity index (χ1v) is 8.49. The Labute approximate surface area is 132 Å². The van der Waals surface area contributed by atoms with Crippen LogP contribution in [0.2, 0.25) is 0 Å². The standard InChI is InChI=1S/C17H27N3O2/c1-13(2)12-22-16-10-18-9-15(19-16)20-8-7-17(21)6-4-3-5-14(17)11-20/h9-10,13-14,21H,3-8,11-12H2,1-2H3/t14-,17+/m0/s1. The fourth-order valence-electron chi connectivity index (χ4n) is 3.59. The molecule has 0 aromatic carbocycles. The highest BCUT2D eigenvalue weighted by molar-refractivity contribution is 5.39. The molecule has 2 fully saturated rings. The molecule has 0 amide bonds. The Kier molecular flexibility index (Phi) is 4.52. The summed E-state index contributed by atoms with van der Waals surface area (Å²) in [5.74, 6) is 2.29. The molecular weight excluding hydrogens is 278 g/mol. The van der Waals surface area contributed by atoms with Gasteiger partial charge in [-0.2, -0.15) is 4.98 Å². The van der Waals surface area contributed by atoms with Gasteiger partial charge in [0.2, 0.25) is 5.88 Å². The quantitative estimate of drug-likeness (QED) is 0.926. The summed E-state index contributed by atoms with van der Waals surface area (Å²) in [5.41, 5.74) is -0.450. The van der Waals surface area contributed by atoms with Crippen LogP contribution in [-0.2, 0) is 0 Å². The molecule has 22 heavy (non-hydrogen) atoms. The number of piperidine rings is 1. The number of nitrogens with zero attached hydrogens (tertiary/aromatic N) is 3. The summed E-state index contributed by atoms with van der Waals surface area (Å²) in [6, 6.07) is 0. The molecule has 1 aliphatic carbocycles. The molecule has 1 N–H and O–H groups in total. The summed E-state index contributed by atoms with van der Waals surface area (Å²) in [7, 11) is 0. The number of hydrogen-bond acceptors (Lipinski definition) is 5. The second-order valence-corrected chi connectivity index (χ2v) is 7.16. The second kappa shape index (κ2) is 6.41. The van der Waals surface area contributed by atoms with E-state index in [-0.39, 0.29) is 0 Å². The molecular formula is C17H27N3O2. The van der Waals surface area contributed by atoms with Crippen molar-refractivity contribution in [3.63, 3.8) is 0 Å². The topological polar surface area (TPSA) is 58.5 Å². The zero-order chi connectivity index (χ0) is 15.6. The van der Waals surface area contributed by atoms with Crippen molar-refractivity contribution in [2.45, 2.75) is 51.6 Å². The lowest BCUT2D eigenvalue weighted by atomic mass is 9.71. The maximum absolute atomic E-state index is 10.8. The van der Waals surface area contributed by atoms with Gasteiger partial charge in [0.25, 0.3) is 0 Å². The van der Waals surface area contributed by atoms with E-state index < -0.39 is 5.60 Å². The number of aliphatic hydroxyl groups is 1. The van der Waals surface area contributed by atoms with Gasteiger partial charge in [0.05, 0.1) is 24.6 Å². The Bertz CT molecular complexity index is 508. The molecule has 122 valence electrons. The number of fused-ring (bicyclic) bond motifs is 1. The van der Waals surface area contributed by atoms with Crippen molar-refractivity contribution in [1.29, 1.82) is 0 Å². The molecule has 5 heteroatoms. The first-order valence-electron chi connectivity index (χ1n) is 8.49. The van der Waals surface area contributed by atoms with Crippen molar-refractivity contribution in [3.05, 3.63) is 12.4 Å². The minimum Gasteiger partial charge on any atom is -0.476 e. The van der Waals surface area contributed by atoms with Gasteiger partial charge in [0.15, 0.2) is 5.82 Å². The van der Waals surface area contributed by atoms with Crippen molar-refractivity contribution in [2.75, 3.05) is 24.6 Å². The van der Waals surface area contributed by atoms with Crippen LogP contribution in [0.1, 0.15) is 46.0 Å². The fourth-order valence-corrected chi connectivity index (χ4v) is 3.59. The van der Waals surface area contributed by atoms with E-state index in [1.807, 2.05) is 0 Å². The molecule has 1 saturated heterocycles. The highest BCUT2D eigenvalue weighted by Gasteiger charge is 2.43. The monoisotopic (exact) mass is 305 g/mol. The normalized spacial score (nSPS) is 28.5. The minimum atomic E-state index is -0.450. The molecule has 2 atom stereocenters. The molecule has 0 radical (unpaired) electrons. The average Bonchev–Trinajstić information content (AvgIpc) is 2.52. The molecule has 1 aromatic heterocycles. The van der Waals surface area contributed by atoms with Crippen molar-refractivity contribution in [1.82, 2.24) is 9.97 Å². The van der Waals surface area contributed by atoms with Gasteiger partial charge < -0.3 is 14.7 Å². The summed E-state index contributed by atoms with van der Waals surface area (Å²) in [5, 5.41) is 10.8. The van der Waals surface area contributed by atoms with Gasteiger partial charge in [-0.1, -0.05) is 26.7 Å². The van der Waals surface area contributed by atoms with Crippen molar-refractivity contribution in [3.8, 4) is 5.88 Å². The van der Waals surface area contributed by atoms with E-state index in [1.165, 1.54) is 6.42 Å². The van der Waals surface area contributed by atoms with E-state index in [0.29, 0.717) is 24.3 Å². The van der Waals surface area contributed by atoms with Gasteiger partial charge >= 0.3 is 0 Å². The van der Waals surface area contributed by atoms with Gasteiger partial charge in [-0.3, -0.25) is 4.98 Å². The molecule has 3 rings (SSSR count). The molecule has 2 aliphatic rings. The highest BCUT2D eigenvalue weighted by Crippen LogP contribution is 2.40. The minimum absolute atomic E-state index is 0.358. The molecule has 1 aromatic rings. The third-order valence-electron chi connectivity index (χ3n) is 4.92. The van der Waals surface area contributed by atoms with Gasteiger partial charge in [-0.15, -0.1) is 0 Å². The first-order chi connectivity index (χ1) is 10.6. The van der Waals surface area contributed by atoms with Crippen LogP contribution in [0.25, 0.3) is 0 Å². The summed E-state index contributed by atoms with van der Waals surface area (Å²) in [6.45, 7) is 6.60. The van der Waals surface area contributed by atoms with Crippen LogP contribution in [0, 0.1) is 11.8 Å². The number of aromatic nitrogens is 2. The van der Waals surface area contributed by atoms with E-state index in [1.54, 1.807) is 12.4 Å². The van der Waals surface area contributed by atoms with Crippen molar-refractivity contribution in [2.24, 2.45) is 11.8 Å². The van der Waals surface area contributed by atoms with E-state index in [4.69, 9.17) is 4.74 Å². The predicted molar refractivity (Wildman–Crippen MR) is 86.1 cm³/mol. The zero-order valence-corrected chi connectivity index (χ0v) is 13.7. The predicted octanol–water partition coefficient (Wildman–Crippen LogP) is 2.64. The maximum Gasteiger partial charge on any atom is 0.234 e. The molecule has 1 saturated carbocycles. The molecule has 1 aliphatic heterocycles. The van der Waals surface area contributed by atoms with E-state index in [9.17, 15) is 5.11 Å². The molecule has 0 spiro atoms. The van der Waals surface area contributed by atoms with Crippen LogP contribution in [0.5, 0.6) is 5.88 Å². The lowest BCUT2D eigenvalue weighted by Crippen LogP contribution is -2.53. The fraction of sp³-hybridized carbons (Fsp3) is 0.765. The number of ether oxygens (including phenoxy) is 1. The highest BCUT2D eigenvalue weighted by atomic mass is 16.5. The average molecular weight is 305 g/mol. The number of rotatable bonds is 4. The zero-order valence-electron chi connectivity index (χ0n) is 13.7. The Balaban J connectivity index is 1.68. The number of anilines is 1. The van der Waals surface area contributed by atoms with Crippen LogP contribution in [0.4, 0.5) is 5.82 Å². The maximum atomic E-state index is 10.8. The van der Waals surface area contributed by atoms with Crippen LogP contribution >= 0.6 is 0 Å². The first kappa shape index (κ1) is 15.5. The van der Waals surface area contributed by atoms with E-state index >= 15 is 0 Å². The van der Waals surface area contributed by atoms with Gasteiger partial charge in [-0.25, -0.2) is 0 Å². The van der Waals surface area contributed by atoms with E-state index in [0.717, 1.165) is 44.6 Å². The Morgan fingerprint density at radius 2 is 2.23 bits per heavy atom. The Morgan fingerprint density at radius 3 is 3.05 bits per heavy atom. The Morgan fingerprint density at radius 1 is 1.36 bits per heavy atom. The summed E-state index contributed by atoms with van der Waals surface area (Å²) >= 11 is 0. The molecule has 5 nitrogen and oxygen atoms in total. The SMILES string of the molecule is CC(C)COc1cncc(N2CC[C@]3(O)CCCC[C@H]3C2)n1. The molecule has 2 heterocycles. The Hall–Kier alpha value is -1.36. The van der Waals surface area contributed by atoms with Gasteiger partial charge in [0.1, 0.15) is 0 Å². The summed E-state index contributed by atoms with van der Waals surface area (Å²) in [6.07, 6.45) is 8.76. The number of hydrogen-bond donors (Lipinski definition) is 1. The summed E-state index contributed by atoms with van der Waals surface area (Å²) in [4.78, 5) is 11.1. The lowest BCUT2D eigenvalue weighted by molar-refractivity contribution is -0.0613. The molecule has 0 unspecified atom stereocenters. The molecule has 0 bridgehead atoms. The largest absolute Gasteiger partial charge is 0.476 e. The van der Waals surface area contributed by atoms with Gasteiger partial charge in [0, 0.05) is 19.0 Å². The van der Waals surface area contributed by atoms with Gasteiger partial charge in [-0.05, 0) is 25.2 Å². The third-order valence-corrected chi connectivity index (χ3v) is 4.92. The summed E-state index contributed by atoms with van der Waals surface area (Å²) < 4.78 is 5.68. The van der Waals surface area contributed by atoms with Crippen LogP contribution < -0.4 is 9.64 Å². The van der Waals surface area contributed by atoms with Crippen molar-refractivity contribution >= 4 is 5.82 Å². The lowest BCUT2D eigenvalue weighted by Gasteiger charge is -2.47. The smallest absolute Gasteiger partial charge is 0.234 e. The third kappa shape index (κ3) is 3.35. The van der Waals surface area contributed by atoms with Crippen molar-refractivity contribution < 1.29 is 9.84 Å². The van der Waals surface area contributed by atoms with Crippen LogP contribution in [0.3, 0.4) is 0 Å². The van der Waals surface area contributed by atoms with E-state index in [2.05, 4.69) is 28.7 Å². The van der Waals surface area contributed by atoms with Crippen LogP contribution in [0.15, 0.2) is 12.4 Å². The van der Waals surface area contributed by atoms with Crippen LogP contribution in [-0.4, -0.2) is 40.4 Å². The second-order valence-electron chi connectivity index (χ2n) is 7.16.